The van der Waals surface area contributed by atoms with E-state index in [-0.39, 0.29) is 16.9 Å². The third-order valence-electron chi connectivity index (χ3n) is 9.09. The van der Waals surface area contributed by atoms with E-state index >= 15 is 0 Å². The van der Waals surface area contributed by atoms with Crippen molar-refractivity contribution >= 4 is 0 Å². The first-order valence-electron chi connectivity index (χ1n) is 16.7. The van der Waals surface area contributed by atoms with Crippen LogP contribution in [0.2, 0.25) is 0 Å². The standard InChI is InChI=1S/C22H28O4.C19H22O2/c1-4-18(23)13-24-19-9-5-16(6-10-19)22(2,3)17-7-11-20(12-8-17)25-14-21-15-26-21;1-14-4-6-15(7-5-14)19(2,3)16-8-10-17(11-9-16)20-12-18-13-21-18/h5-12,18,21,23H,4,13-15H2,1-3H3;4-11,18H,12-13H2,1-3H3. The molecule has 3 atom stereocenters. The van der Waals surface area contributed by atoms with Gasteiger partial charge in [-0.1, -0.05) is 101 Å². The van der Waals surface area contributed by atoms with Crippen molar-refractivity contribution in [3.63, 3.8) is 0 Å². The van der Waals surface area contributed by atoms with E-state index in [0.29, 0.717) is 32.3 Å². The smallest absolute Gasteiger partial charge is 0.119 e. The molecular formula is C41H50O6. The fourth-order valence-corrected chi connectivity index (χ4v) is 5.22. The molecule has 2 heterocycles. The molecule has 6 rings (SSSR count). The number of aryl methyl sites for hydroxylation is 1. The lowest BCUT2D eigenvalue weighted by Gasteiger charge is -2.26. The number of aliphatic hydroxyl groups excluding tert-OH is 1. The SMILES string of the molecule is CCC(O)COc1ccc(C(C)(C)c2ccc(OCC3CO3)cc2)cc1.Cc1ccc(C(C)(C)c2ccc(OCC3CO3)cc2)cc1. The summed E-state index contributed by atoms with van der Waals surface area (Å²) < 4.78 is 27.3. The van der Waals surface area contributed by atoms with E-state index in [0.717, 1.165) is 30.5 Å². The van der Waals surface area contributed by atoms with Crippen molar-refractivity contribution in [1.82, 2.24) is 0 Å². The molecular weight excluding hydrogens is 588 g/mol. The molecule has 0 spiro atoms. The van der Waals surface area contributed by atoms with Crippen LogP contribution < -0.4 is 14.2 Å². The highest BCUT2D eigenvalue weighted by atomic mass is 16.6. The van der Waals surface area contributed by atoms with Gasteiger partial charge in [0.2, 0.25) is 0 Å². The van der Waals surface area contributed by atoms with Gasteiger partial charge in [-0.15, -0.1) is 0 Å². The van der Waals surface area contributed by atoms with Crippen LogP contribution in [0.25, 0.3) is 0 Å². The fourth-order valence-electron chi connectivity index (χ4n) is 5.22. The molecule has 47 heavy (non-hydrogen) atoms. The zero-order chi connectivity index (χ0) is 33.4. The third-order valence-corrected chi connectivity index (χ3v) is 9.09. The summed E-state index contributed by atoms with van der Waals surface area (Å²) in [5.74, 6) is 2.57. The molecule has 0 radical (unpaired) electrons. The van der Waals surface area contributed by atoms with Gasteiger partial charge in [-0.2, -0.15) is 0 Å². The number of rotatable bonds is 14. The van der Waals surface area contributed by atoms with Crippen molar-refractivity contribution < 1.29 is 28.8 Å². The molecule has 2 aliphatic heterocycles. The minimum atomic E-state index is -0.418. The summed E-state index contributed by atoms with van der Waals surface area (Å²) in [6.07, 6.45) is 0.843. The molecule has 6 heteroatoms. The third kappa shape index (κ3) is 9.83. The summed E-state index contributed by atoms with van der Waals surface area (Å²) in [5, 5.41) is 9.60. The van der Waals surface area contributed by atoms with Gasteiger partial charge in [0.25, 0.3) is 0 Å². The largest absolute Gasteiger partial charge is 0.491 e. The number of aliphatic hydroxyl groups is 1. The molecule has 1 N–H and O–H groups in total. The monoisotopic (exact) mass is 638 g/mol. The van der Waals surface area contributed by atoms with E-state index in [1.54, 1.807) is 0 Å². The zero-order valence-electron chi connectivity index (χ0n) is 28.7. The van der Waals surface area contributed by atoms with Crippen LogP contribution in [0.5, 0.6) is 17.2 Å². The van der Waals surface area contributed by atoms with Gasteiger partial charge < -0.3 is 28.8 Å². The lowest BCUT2D eigenvalue weighted by atomic mass is 9.78. The van der Waals surface area contributed by atoms with Crippen LogP contribution in [-0.2, 0) is 20.3 Å². The van der Waals surface area contributed by atoms with E-state index in [9.17, 15) is 5.11 Å². The highest BCUT2D eigenvalue weighted by Crippen LogP contribution is 2.34. The summed E-state index contributed by atoms with van der Waals surface area (Å²) in [4.78, 5) is 0. The highest BCUT2D eigenvalue weighted by molar-refractivity contribution is 5.42. The Balaban J connectivity index is 0.000000189. The molecule has 0 amide bonds. The van der Waals surface area contributed by atoms with Crippen LogP contribution in [0.15, 0.2) is 97.1 Å². The van der Waals surface area contributed by atoms with Crippen molar-refractivity contribution in [3.8, 4) is 17.2 Å². The Morgan fingerprint density at radius 3 is 1.23 bits per heavy atom. The molecule has 6 nitrogen and oxygen atoms in total. The minimum Gasteiger partial charge on any atom is -0.491 e. The van der Waals surface area contributed by atoms with Crippen LogP contribution in [0.4, 0.5) is 0 Å². The second kappa shape index (κ2) is 15.4. The van der Waals surface area contributed by atoms with Crippen molar-refractivity contribution in [2.45, 2.75) is 77.1 Å². The summed E-state index contributed by atoms with van der Waals surface area (Å²) >= 11 is 0. The number of epoxide rings is 2. The first-order valence-corrected chi connectivity index (χ1v) is 16.7. The van der Waals surface area contributed by atoms with E-state index in [1.807, 2.05) is 43.3 Å². The zero-order valence-corrected chi connectivity index (χ0v) is 28.7. The maximum atomic E-state index is 9.60. The second-order valence-electron chi connectivity index (χ2n) is 13.6. The Bertz CT molecular complexity index is 1520. The van der Waals surface area contributed by atoms with Gasteiger partial charge in [0.1, 0.15) is 49.3 Å². The number of benzene rings is 4. The van der Waals surface area contributed by atoms with Crippen LogP contribution in [-0.4, -0.2) is 56.5 Å². The number of hydrogen-bond acceptors (Lipinski definition) is 6. The molecule has 4 aromatic rings. The molecule has 3 unspecified atom stereocenters. The van der Waals surface area contributed by atoms with E-state index in [1.165, 1.54) is 27.8 Å². The predicted octanol–water partition coefficient (Wildman–Crippen LogP) is 8.04. The average Bonchev–Trinajstić information content (AvgIpc) is 4.03. The molecule has 0 aliphatic carbocycles. The molecule has 0 bridgehead atoms. The van der Waals surface area contributed by atoms with E-state index in [2.05, 4.69) is 95.3 Å². The van der Waals surface area contributed by atoms with Crippen LogP contribution >= 0.6 is 0 Å². The predicted molar refractivity (Wildman–Crippen MR) is 187 cm³/mol. The summed E-state index contributed by atoms with van der Waals surface area (Å²) in [6.45, 7) is 16.2. The van der Waals surface area contributed by atoms with Crippen LogP contribution in [0.1, 0.15) is 68.9 Å². The van der Waals surface area contributed by atoms with Gasteiger partial charge in [-0.05, 0) is 72.0 Å². The summed E-state index contributed by atoms with van der Waals surface area (Å²) in [6, 6.07) is 33.5. The minimum absolute atomic E-state index is 0.00810. The Morgan fingerprint density at radius 1 is 0.596 bits per heavy atom. The van der Waals surface area contributed by atoms with Gasteiger partial charge in [0, 0.05) is 10.8 Å². The van der Waals surface area contributed by atoms with Crippen molar-refractivity contribution in [2.24, 2.45) is 0 Å². The van der Waals surface area contributed by atoms with Crippen molar-refractivity contribution in [2.75, 3.05) is 33.0 Å². The van der Waals surface area contributed by atoms with Gasteiger partial charge in [0.15, 0.2) is 0 Å². The first kappa shape index (κ1) is 34.5. The quantitative estimate of drug-likeness (QED) is 0.141. The number of hydrogen-bond donors (Lipinski definition) is 1. The van der Waals surface area contributed by atoms with Crippen LogP contribution in [0.3, 0.4) is 0 Å². The van der Waals surface area contributed by atoms with Crippen molar-refractivity contribution in [1.29, 1.82) is 0 Å². The second-order valence-corrected chi connectivity index (χ2v) is 13.6. The van der Waals surface area contributed by atoms with Gasteiger partial charge in [-0.3, -0.25) is 0 Å². The average molecular weight is 639 g/mol. The Labute approximate surface area is 280 Å². The van der Waals surface area contributed by atoms with E-state index in [4.69, 9.17) is 23.7 Å². The summed E-state index contributed by atoms with van der Waals surface area (Å²) in [5.41, 5.74) is 6.21. The normalized spacial score (nSPS) is 17.6. The molecule has 250 valence electrons. The maximum absolute atomic E-state index is 9.60. The van der Waals surface area contributed by atoms with Gasteiger partial charge >= 0.3 is 0 Å². The Morgan fingerprint density at radius 2 is 0.915 bits per heavy atom. The number of ether oxygens (including phenoxy) is 5. The maximum Gasteiger partial charge on any atom is 0.119 e. The molecule has 2 aliphatic rings. The first-order chi connectivity index (χ1) is 22.5. The molecule has 0 aromatic heterocycles. The highest BCUT2D eigenvalue weighted by Gasteiger charge is 2.26. The summed E-state index contributed by atoms with van der Waals surface area (Å²) in [7, 11) is 0. The topological polar surface area (TPSA) is 73.0 Å². The lowest BCUT2D eigenvalue weighted by molar-refractivity contribution is 0.104. The van der Waals surface area contributed by atoms with E-state index < -0.39 is 6.10 Å². The van der Waals surface area contributed by atoms with Crippen molar-refractivity contribution in [3.05, 3.63) is 125 Å². The molecule has 0 saturated carbocycles. The fraction of sp³-hybridized carbons (Fsp3) is 0.415. The lowest BCUT2D eigenvalue weighted by Crippen LogP contribution is -2.19. The molecule has 4 aromatic carbocycles. The van der Waals surface area contributed by atoms with Gasteiger partial charge in [-0.25, -0.2) is 0 Å². The molecule has 2 fully saturated rings. The van der Waals surface area contributed by atoms with Crippen LogP contribution in [0, 0.1) is 6.92 Å². The Hall–Kier alpha value is -3.84. The van der Waals surface area contributed by atoms with Gasteiger partial charge in [0.05, 0.1) is 19.3 Å². The Kier molecular flexibility index (Phi) is 11.3. The molecule has 2 saturated heterocycles.